The standard InChI is InChI=1S/C27H22N2O/c1-17-12-13-22(14-18(17)2)29-27(30)25(19(3)28-29)16-26-23-10-6-4-8-20(23)15-21-9-5-7-11-24(21)26/h4-16,28H,3H2,1-2H3. The molecule has 5 aromatic rings. The van der Waals surface area contributed by atoms with E-state index in [1.54, 1.807) is 4.68 Å². The van der Waals surface area contributed by atoms with Gasteiger partial charge in [-0.2, -0.15) is 0 Å². The van der Waals surface area contributed by atoms with Gasteiger partial charge >= 0.3 is 0 Å². The van der Waals surface area contributed by atoms with Gasteiger partial charge in [0.1, 0.15) is 0 Å². The van der Waals surface area contributed by atoms with E-state index in [9.17, 15) is 4.79 Å². The maximum absolute atomic E-state index is 13.3. The van der Waals surface area contributed by atoms with Crippen molar-refractivity contribution < 1.29 is 0 Å². The van der Waals surface area contributed by atoms with Crippen LogP contribution in [-0.2, 0) is 0 Å². The van der Waals surface area contributed by atoms with Crippen LogP contribution in [0.3, 0.4) is 0 Å². The minimum atomic E-state index is -0.0970. The van der Waals surface area contributed by atoms with Crippen LogP contribution in [-0.4, -0.2) is 9.78 Å². The predicted molar refractivity (Wildman–Crippen MR) is 126 cm³/mol. The molecule has 0 spiro atoms. The van der Waals surface area contributed by atoms with Crippen molar-refractivity contribution in [2.45, 2.75) is 13.8 Å². The zero-order valence-electron chi connectivity index (χ0n) is 17.1. The molecule has 0 radical (unpaired) electrons. The van der Waals surface area contributed by atoms with E-state index >= 15 is 0 Å². The third-order valence-electron chi connectivity index (χ3n) is 5.86. The lowest BCUT2D eigenvalue weighted by atomic mass is 9.96. The van der Waals surface area contributed by atoms with Crippen molar-refractivity contribution in [3.63, 3.8) is 0 Å². The Hall–Kier alpha value is -3.85. The summed E-state index contributed by atoms with van der Waals surface area (Å²) in [5.74, 6) is 0. The highest BCUT2D eigenvalue weighted by molar-refractivity contribution is 6.06. The SMILES string of the molecule is C=c1[nH]n(-c2ccc(C)c(C)c2)c(=O)c1=Cc1c2ccccc2cc2ccccc12. The maximum atomic E-state index is 13.3. The Labute approximate surface area is 174 Å². The smallest absolute Gasteiger partial charge is 0.279 e. The molecule has 1 N–H and O–H groups in total. The number of fused-ring (bicyclic) bond motifs is 2. The van der Waals surface area contributed by atoms with Gasteiger partial charge in [-0.3, -0.25) is 9.89 Å². The lowest BCUT2D eigenvalue weighted by Crippen LogP contribution is -2.34. The molecule has 0 saturated heterocycles. The van der Waals surface area contributed by atoms with Gasteiger partial charge in [-0.15, -0.1) is 0 Å². The Morgan fingerprint density at radius 3 is 2.10 bits per heavy atom. The van der Waals surface area contributed by atoms with Gasteiger partial charge in [0.15, 0.2) is 0 Å². The zero-order chi connectivity index (χ0) is 20.8. The highest BCUT2D eigenvalue weighted by Gasteiger charge is 2.09. The molecule has 0 aliphatic rings. The number of rotatable bonds is 2. The van der Waals surface area contributed by atoms with Crippen molar-refractivity contribution >= 4 is 34.2 Å². The fourth-order valence-corrected chi connectivity index (χ4v) is 4.04. The molecule has 30 heavy (non-hydrogen) atoms. The highest BCUT2D eigenvalue weighted by atomic mass is 16.1. The number of aromatic amines is 1. The molecule has 1 aromatic heterocycles. The van der Waals surface area contributed by atoms with Gasteiger partial charge in [-0.25, -0.2) is 4.68 Å². The minimum Gasteiger partial charge on any atom is -0.291 e. The van der Waals surface area contributed by atoms with E-state index < -0.39 is 0 Å². The molecule has 0 aliphatic heterocycles. The lowest BCUT2D eigenvalue weighted by Gasteiger charge is -2.08. The molecule has 3 heteroatoms. The summed E-state index contributed by atoms with van der Waals surface area (Å²) >= 11 is 0. The topological polar surface area (TPSA) is 37.8 Å². The van der Waals surface area contributed by atoms with E-state index in [0.29, 0.717) is 10.6 Å². The predicted octanol–water partition coefficient (Wildman–Crippen LogP) is 4.33. The molecule has 0 bridgehead atoms. The number of H-pyrrole nitrogens is 1. The highest BCUT2D eigenvalue weighted by Crippen LogP contribution is 2.28. The van der Waals surface area contributed by atoms with Crippen LogP contribution in [0.2, 0.25) is 0 Å². The second-order valence-electron chi connectivity index (χ2n) is 7.79. The van der Waals surface area contributed by atoms with Crippen molar-refractivity contribution in [3.8, 4) is 5.69 Å². The third kappa shape index (κ3) is 2.87. The van der Waals surface area contributed by atoms with Gasteiger partial charge in [-0.1, -0.05) is 61.2 Å². The normalized spacial score (nSPS) is 12.1. The molecule has 5 rings (SSSR count). The molecule has 0 atom stereocenters. The molecule has 1 heterocycles. The van der Waals surface area contributed by atoms with Crippen LogP contribution >= 0.6 is 0 Å². The van der Waals surface area contributed by atoms with Crippen molar-refractivity contribution in [2.75, 3.05) is 0 Å². The molecule has 0 fully saturated rings. The van der Waals surface area contributed by atoms with Crippen LogP contribution in [0.1, 0.15) is 16.7 Å². The fourth-order valence-electron chi connectivity index (χ4n) is 4.04. The van der Waals surface area contributed by atoms with Crippen LogP contribution in [0, 0.1) is 13.8 Å². The van der Waals surface area contributed by atoms with Gasteiger partial charge in [0.05, 0.1) is 16.3 Å². The first-order chi connectivity index (χ1) is 14.5. The van der Waals surface area contributed by atoms with Gasteiger partial charge in [0.25, 0.3) is 5.56 Å². The first-order valence-corrected chi connectivity index (χ1v) is 10.0. The largest absolute Gasteiger partial charge is 0.291 e. The first-order valence-electron chi connectivity index (χ1n) is 10.0. The Morgan fingerprint density at radius 2 is 1.47 bits per heavy atom. The molecule has 3 nitrogen and oxygen atoms in total. The summed E-state index contributed by atoms with van der Waals surface area (Å²) in [4.78, 5) is 13.3. The van der Waals surface area contributed by atoms with E-state index in [2.05, 4.69) is 48.9 Å². The summed E-state index contributed by atoms with van der Waals surface area (Å²) in [6, 6.07) is 24.8. The average molecular weight is 390 g/mol. The van der Waals surface area contributed by atoms with Gasteiger partial charge in [0.2, 0.25) is 0 Å². The van der Waals surface area contributed by atoms with E-state index in [4.69, 9.17) is 0 Å². The summed E-state index contributed by atoms with van der Waals surface area (Å²) in [6.07, 6.45) is 1.98. The number of benzene rings is 4. The van der Waals surface area contributed by atoms with Crippen LogP contribution in [0.5, 0.6) is 0 Å². The number of nitrogens with one attached hydrogen (secondary N) is 1. The van der Waals surface area contributed by atoms with Crippen LogP contribution in [0.4, 0.5) is 0 Å². The van der Waals surface area contributed by atoms with E-state index in [-0.39, 0.29) is 5.56 Å². The van der Waals surface area contributed by atoms with Gasteiger partial charge in [-0.05, 0) is 76.4 Å². The minimum absolute atomic E-state index is 0.0970. The summed E-state index contributed by atoms with van der Waals surface area (Å²) < 4.78 is 1.58. The van der Waals surface area contributed by atoms with E-state index in [0.717, 1.165) is 38.4 Å². The van der Waals surface area contributed by atoms with Crippen LogP contribution in [0.25, 0.3) is 39.9 Å². The second-order valence-corrected chi connectivity index (χ2v) is 7.79. The summed E-state index contributed by atoms with van der Waals surface area (Å²) in [6.45, 7) is 8.23. The summed E-state index contributed by atoms with van der Waals surface area (Å²) in [7, 11) is 0. The first kappa shape index (κ1) is 18.2. The zero-order valence-corrected chi connectivity index (χ0v) is 17.1. The third-order valence-corrected chi connectivity index (χ3v) is 5.86. The Bertz CT molecular complexity index is 1550. The second kappa shape index (κ2) is 6.89. The Morgan fingerprint density at radius 1 is 0.833 bits per heavy atom. The summed E-state index contributed by atoms with van der Waals surface area (Å²) in [5.41, 5.74) is 4.10. The molecular weight excluding hydrogens is 368 g/mol. The molecule has 146 valence electrons. The average Bonchev–Trinajstić information content (AvgIpc) is 3.03. The number of aromatic nitrogens is 2. The molecule has 0 saturated carbocycles. The molecular formula is C27H22N2O. The Kier molecular flexibility index (Phi) is 4.18. The quantitative estimate of drug-likeness (QED) is 0.448. The number of aryl methyl sites for hydroxylation is 2. The fraction of sp³-hybridized carbons (Fsp3) is 0.0741. The summed E-state index contributed by atoms with van der Waals surface area (Å²) in [5, 5.41) is 8.88. The molecule has 4 aromatic carbocycles. The van der Waals surface area contributed by atoms with Crippen molar-refractivity contribution in [1.29, 1.82) is 0 Å². The number of nitrogens with zero attached hydrogens (tertiary/aromatic N) is 1. The molecule has 0 aliphatic carbocycles. The van der Waals surface area contributed by atoms with Crippen LogP contribution in [0.15, 0.2) is 77.6 Å². The Balaban J connectivity index is 1.84. The van der Waals surface area contributed by atoms with E-state index in [1.807, 2.05) is 55.5 Å². The van der Waals surface area contributed by atoms with E-state index in [1.165, 1.54) is 5.56 Å². The van der Waals surface area contributed by atoms with Crippen molar-refractivity contribution in [2.24, 2.45) is 0 Å². The lowest BCUT2D eigenvalue weighted by molar-refractivity contribution is 0.837. The number of hydrogen-bond donors (Lipinski definition) is 1. The monoisotopic (exact) mass is 390 g/mol. The van der Waals surface area contributed by atoms with Gasteiger partial charge < -0.3 is 0 Å². The maximum Gasteiger partial charge on any atom is 0.279 e. The van der Waals surface area contributed by atoms with Crippen molar-refractivity contribution in [3.05, 3.63) is 110 Å². The molecule has 0 unspecified atom stereocenters. The van der Waals surface area contributed by atoms with Crippen molar-refractivity contribution in [1.82, 2.24) is 9.78 Å². The van der Waals surface area contributed by atoms with Crippen LogP contribution < -0.4 is 16.1 Å². The number of hydrogen-bond acceptors (Lipinski definition) is 1. The van der Waals surface area contributed by atoms with Gasteiger partial charge in [0, 0.05) is 0 Å². The molecule has 0 amide bonds.